The molecule has 0 amide bonds. The first-order chi connectivity index (χ1) is 10.9. The number of halogens is 4. The van der Waals surface area contributed by atoms with Gasteiger partial charge in [0.2, 0.25) is 0 Å². The molecule has 1 fully saturated rings. The smallest absolute Gasteiger partial charge is 0.379 e. The molecule has 1 aliphatic heterocycles. The normalized spacial score (nSPS) is 16.7. The first-order valence-corrected chi connectivity index (χ1v) is 7.27. The lowest BCUT2D eigenvalue weighted by atomic mass is 10.2. The van der Waals surface area contributed by atoms with Crippen LogP contribution in [0.25, 0.3) is 5.69 Å². The Morgan fingerprint density at radius 1 is 1.22 bits per heavy atom. The Bertz CT molecular complexity index is 684. The zero-order valence-corrected chi connectivity index (χ0v) is 12.7. The van der Waals surface area contributed by atoms with Crippen LogP contribution in [-0.4, -0.2) is 51.4 Å². The van der Waals surface area contributed by atoms with E-state index in [1.165, 1.54) is 10.7 Å². The van der Waals surface area contributed by atoms with Crippen molar-refractivity contribution in [2.24, 2.45) is 0 Å². The molecule has 1 saturated heterocycles. The molecule has 0 spiro atoms. The first kappa shape index (κ1) is 16.2. The Labute approximate surface area is 134 Å². The molecule has 3 rings (SSSR count). The van der Waals surface area contributed by atoms with Crippen molar-refractivity contribution in [2.45, 2.75) is 12.7 Å². The lowest BCUT2D eigenvalue weighted by Gasteiger charge is -2.25. The van der Waals surface area contributed by atoms with Crippen molar-refractivity contribution in [1.29, 1.82) is 0 Å². The van der Waals surface area contributed by atoms with Gasteiger partial charge in [0.1, 0.15) is 0 Å². The topological polar surface area (TPSA) is 56.1 Å². The molecule has 1 aromatic heterocycles. The molecular formula is C13H13ClF3N5O. The Balaban J connectivity index is 1.86. The molecular weight excluding hydrogens is 335 g/mol. The van der Waals surface area contributed by atoms with Crippen LogP contribution in [0.5, 0.6) is 0 Å². The fourth-order valence-corrected chi connectivity index (χ4v) is 2.57. The van der Waals surface area contributed by atoms with E-state index in [0.717, 1.165) is 25.2 Å². The van der Waals surface area contributed by atoms with Gasteiger partial charge >= 0.3 is 6.18 Å². The molecule has 0 bridgehead atoms. The second kappa shape index (κ2) is 6.42. The molecule has 0 saturated carbocycles. The third kappa shape index (κ3) is 3.62. The minimum absolute atomic E-state index is 0.0599. The van der Waals surface area contributed by atoms with Crippen LogP contribution in [0.15, 0.2) is 18.2 Å². The molecule has 124 valence electrons. The highest BCUT2D eigenvalue weighted by Gasteiger charge is 2.31. The molecule has 0 unspecified atom stereocenters. The standard InChI is InChI=1S/C13H13ClF3N5O/c14-10-7-9(13(15,16)17)1-2-11(10)22-12(18-19-20-22)8-21-3-5-23-6-4-21/h1-2,7H,3-6,8H2. The maximum absolute atomic E-state index is 12.7. The number of ether oxygens (including phenoxy) is 1. The highest BCUT2D eigenvalue weighted by atomic mass is 35.5. The van der Waals surface area contributed by atoms with Gasteiger partial charge in [0, 0.05) is 13.1 Å². The molecule has 1 aliphatic rings. The van der Waals surface area contributed by atoms with Crippen LogP contribution in [-0.2, 0) is 17.5 Å². The predicted octanol–water partition coefficient (Wildman–Crippen LogP) is 2.17. The summed E-state index contributed by atoms with van der Waals surface area (Å²) >= 11 is 5.99. The summed E-state index contributed by atoms with van der Waals surface area (Å²) < 4.78 is 44.7. The number of benzene rings is 1. The third-order valence-corrected chi connectivity index (χ3v) is 3.81. The largest absolute Gasteiger partial charge is 0.416 e. The number of aromatic nitrogens is 4. The maximum Gasteiger partial charge on any atom is 0.416 e. The van der Waals surface area contributed by atoms with Crippen LogP contribution in [0.1, 0.15) is 11.4 Å². The van der Waals surface area contributed by atoms with Crippen LogP contribution in [0.2, 0.25) is 5.02 Å². The summed E-state index contributed by atoms with van der Waals surface area (Å²) in [4.78, 5) is 2.10. The van der Waals surface area contributed by atoms with Gasteiger partial charge in [-0.15, -0.1) is 5.10 Å². The fourth-order valence-electron chi connectivity index (χ4n) is 2.31. The van der Waals surface area contributed by atoms with Crippen LogP contribution >= 0.6 is 11.6 Å². The van der Waals surface area contributed by atoms with Gasteiger partial charge in [-0.2, -0.15) is 17.9 Å². The molecule has 0 radical (unpaired) electrons. The summed E-state index contributed by atoms with van der Waals surface area (Å²) in [6.45, 7) is 3.21. The number of hydrogen-bond acceptors (Lipinski definition) is 5. The van der Waals surface area contributed by atoms with Crippen molar-refractivity contribution in [2.75, 3.05) is 26.3 Å². The molecule has 2 heterocycles. The van der Waals surface area contributed by atoms with Crippen molar-refractivity contribution in [1.82, 2.24) is 25.1 Å². The van der Waals surface area contributed by atoms with Crippen molar-refractivity contribution < 1.29 is 17.9 Å². The van der Waals surface area contributed by atoms with E-state index in [4.69, 9.17) is 16.3 Å². The number of nitrogens with zero attached hydrogens (tertiary/aromatic N) is 5. The minimum atomic E-state index is -4.45. The fraction of sp³-hybridized carbons (Fsp3) is 0.462. The van der Waals surface area contributed by atoms with E-state index < -0.39 is 11.7 Å². The van der Waals surface area contributed by atoms with Crippen LogP contribution < -0.4 is 0 Å². The van der Waals surface area contributed by atoms with Gasteiger partial charge in [-0.25, -0.2) is 0 Å². The summed E-state index contributed by atoms with van der Waals surface area (Å²) in [5.74, 6) is 0.508. The average Bonchev–Trinajstić information content (AvgIpc) is 2.95. The molecule has 2 aromatic rings. The lowest BCUT2D eigenvalue weighted by Crippen LogP contribution is -2.36. The van der Waals surface area contributed by atoms with Crippen LogP contribution in [0.3, 0.4) is 0 Å². The Kier molecular flexibility index (Phi) is 4.51. The Hall–Kier alpha value is -1.71. The lowest BCUT2D eigenvalue weighted by molar-refractivity contribution is -0.137. The van der Waals surface area contributed by atoms with E-state index in [1.54, 1.807) is 0 Å². The van der Waals surface area contributed by atoms with Gasteiger partial charge in [0.15, 0.2) is 5.82 Å². The van der Waals surface area contributed by atoms with Gasteiger partial charge < -0.3 is 4.74 Å². The van der Waals surface area contributed by atoms with Crippen molar-refractivity contribution in [3.8, 4) is 5.69 Å². The molecule has 6 nitrogen and oxygen atoms in total. The molecule has 0 N–H and O–H groups in total. The number of hydrogen-bond donors (Lipinski definition) is 0. The molecule has 23 heavy (non-hydrogen) atoms. The van der Waals surface area contributed by atoms with Gasteiger partial charge in [-0.05, 0) is 28.6 Å². The van der Waals surface area contributed by atoms with Crippen LogP contribution in [0, 0.1) is 0 Å². The average molecular weight is 348 g/mol. The quantitative estimate of drug-likeness (QED) is 0.851. The van der Waals surface area contributed by atoms with Gasteiger partial charge in [-0.3, -0.25) is 4.90 Å². The van der Waals surface area contributed by atoms with Gasteiger partial charge in [0.25, 0.3) is 0 Å². The van der Waals surface area contributed by atoms with E-state index in [0.29, 0.717) is 31.3 Å². The predicted molar refractivity (Wildman–Crippen MR) is 75.3 cm³/mol. The van der Waals surface area contributed by atoms with Gasteiger partial charge in [-0.1, -0.05) is 11.6 Å². The second-order valence-corrected chi connectivity index (χ2v) is 5.47. The molecule has 10 heteroatoms. The second-order valence-electron chi connectivity index (χ2n) is 5.06. The summed E-state index contributed by atoms with van der Waals surface area (Å²) in [7, 11) is 0. The summed E-state index contributed by atoms with van der Waals surface area (Å²) in [6.07, 6.45) is -4.45. The molecule has 0 atom stereocenters. The monoisotopic (exact) mass is 347 g/mol. The molecule has 1 aromatic carbocycles. The highest BCUT2D eigenvalue weighted by Crippen LogP contribution is 2.33. The minimum Gasteiger partial charge on any atom is -0.379 e. The van der Waals surface area contributed by atoms with E-state index in [2.05, 4.69) is 20.4 Å². The number of morpholine rings is 1. The summed E-state index contributed by atoms with van der Waals surface area (Å²) in [5.41, 5.74) is -0.498. The van der Waals surface area contributed by atoms with Crippen molar-refractivity contribution >= 4 is 11.6 Å². The van der Waals surface area contributed by atoms with E-state index in [9.17, 15) is 13.2 Å². The number of tetrazole rings is 1. The highest BCUT2D eigenvalue weighted by molar-refractivity contribution is 6.32. The SMILES string of the molecule is FC(F)(F)c1ccc(-n2nnnc2CN2CCOCC2)c(Cl)c1. The van der Waals surface area contributed by atoms with E-state index >= 15 is 0 Å². The van der Waals surface area contributed by atoms with Gasteiger partial charge in [0.05, 0.1) is 36.0 Å². The summed E-state index contributed by atoms with van der Waals surface area (Å²) in [6, 6.07) is 3.10. The zero-order chi connectivity index (χ0) is 16.4. The van der Waals surface area contributed by atoms with Crippen molar-refractivity contribution in [3.63, 3.8) is 0 Å². The first-order valence-electron chi connectivity index (χ1n) is 6.89. The third-order valence-electron chi connectivity index (χ3n) is 3.51. The van der Waals surface area contributed by atoms with Crippen LogP contribution in [0.4, 0.5) is 13.2 Å². The zero-order valence-electron chi connectivity index (χ0n) is 11.9. The Morgan fingerprint density at radius 3 is 2.61 bits per heavy atom. The maximum atomic E-state index is 12.7. The van der Waals surface area contributed by atoms with E-state index in [1.807, 2.05) is 0 Å². The van der Waals surface area contributed by atoms with E-state index in [-0.39, 0.29) is 5.02 Å². The molecule has 0 aliphatic carbocycles. The Morgan fingerprint density at radius 2 is 1.96 bits per heavy atom. The van der Waals surface area contributed by atoms with Crippen molar-refractivity contribution in [3.05, 3.63) is 34.6 Å². The number of alkyl halides is 3. The number of rotatable bonds is 3. The summed E-state index contributed by atoms with van der Waals surface area (Å²) in [5, 5.41) is 11.3.